The summed E-state index contributed by atoms with van der Waals surface area (Å²) >= 11 is 0. The first kappa shape index (κ1) is 16.3. The van der Waals surface area contributed by atoms with E-state index in [-0.39, 0.29) is 5.97 Å². The minimum absolute atomic E-state index is 0.212. The van der Waals surface area contributed by atoms with Crippen LogP contribution in [0.1, 0.15) is 49.4 Å². The molecule has 3 rings (SSSR count). The predicted molar refractivity (Wildman–Crippen MR) is 89.0 cm³/mol. The summed E-state index contributed by atoms with van der Waals surface area (Å²) in [5.41, 5.74) is 0.608. The largest absolute Gasteiger partial charge is 0.494 e. The van der Waals surface area contributed by atoms with Gasteiger partial charge < -0.3 is 14.4 Å². The number of esters is 1. The van der Waals surface area contributed by atoms with E-state index in [2.05, 4.69) is 0 Å². The highest BCUT2D eigenvalue weighted by Gasteiger charge is 2.37. The van der Waals surface area contributed by atoms with Crippen molar-refractivity contribution < 1.29 is 19.2 Å². The molecule has 0 aromatic heterocycles. The molecule has 2 aliphatic heterocycles. The highest BCUT2D eigenvalue weighted by Crippen LogP contribution is 2.21. The second-order valence-corrected chi connectivity index (χ2v) is 6.72. The molecular formula is C19H28NO3+. The lowest BCUT2D eigenvalue weighted by Crippen LogP contribution is -3.18. The first-order chi connectivity index (χ1) is 11.3. The van der Waals surface area contributed by atoms with Crippen molar-refractivity contribution in [1.29, 1.82) is 0 Å². The standard InChI is InChI=1S/C19H27NO3/c1-2-22-17-10-8-15(9-11-17)19(21)23-14-16-6-5-13-20-12-4-3-7-18(16)20/h8-11,16,18H,2-7,12-14H2,1H3/p+1. The highest BCUT2D eigenvalue weighted by molar-refractivity contribution is 5.89. The molecule has 2 saturated heterocycles. The van der Waals surface area contributed by atoms with Crippen LogP contribution < -0.4 is 9.64 Å². The molecule has 2 aliphatic rings. The lowest BCUT2D eigenvalue weighted by Gasteiger charge is -2.40. The fourth-order valence-electron chi connectivity index (χ4n) is 4.10. The molecule has 0 amide bonds. The fourth-order valence-corrected chi connectivity index (χ4v) is 4.10. The second-order valence-electron chi connectivity index (χ2n) is 6.72. The van der Waals surface area contributed by atoms with Crippen molar-refractivity contribution >= 4 is 5.97 Å². The van der Waals surface area contributed by atoms with Crippen LogP contribution >= 0.6 is 0 Å². The Kier molecular flexibility index (Phi) is 5.55. The van der Waals surface area contributed by atoms with Crippen LogP contribution in [0.2, 0.25) is 0 Å². The van der Waals surface area contributed by atoms with Crippen LogP contribution in [0.15, 0.2) is 24.3 Å². The van der Waals surface area contributed by atoms with Gasteiger partial charge in [0, 0.05) is 5.92 Å². The van der Waals surface area contributed by atoms with Gasteiger partial charge in [0.15, 0.2) is 0 Å². The van der Waals surface area contributed by atoms with E-state index in [4.69, 9.17) is 9.47 Å². The maximum atomic E-state index is 12.2. The molecule has 4 heteroatoms. The molecule has 3 atom stereocenters. The quantitative estimate of drug-likeness (QED) is 0.845. The van der Waals surface area contributed by atoms with E-state index >= 15 is 0 Å². The molecule has 3 unspecified atom stereocenters. The van der Waals surface area contributed by atoms with Gasteiger partial charge in [-0.2, -0.15) is 0 Å². The van der Waals surface area contributed by atoms with Crippen molar-refractivity contribution in [2.75, 3.05) is 26.3 Å². The molecule has 126 valence electrons. The summed E-state index contributed by atoms with van der Waals surface area (Å²) in [6.45, 7) is 5.75. The Hall–Kier alpha value is -1.55. The molecule has 0 spiro atoms. The smallest absolute Gasteiger partial charge is 0.338 e. The number of benzene rings is 1. The van der Waals surface area contributed by atoms with Crippen LogP contribution in [0.5, 0.6) is 5.75 Å². The Morgan fingerprint density at radius 1 is 1.13 bits per heavy atom. The van der Waals surface area contributed by atoms with Gasteiger partial charge in [0.25, 0.3) is 0 Å². The number of ether oxygens (including phenoxy) is 2. The molecule has 2 heterocycles. The topological polar surface area (TPSA) is 40.0 Å². The molecule has 0 saturated carbocycles. The van der Waals surface area contributed by atoms with E-state index in [1.807, 2.05) is 19.1 Å². The summed E-state index contributed by atoms with van der Waals surface area (Å²) in [5, 5.41) is 0. The van der Waals surface area contributed by atoms with Crippen LogP contribution in [0.25, 0.3) is 0 Å². The number of quaternary nitrogens is 1. The number of carbonyl (C=O) groups excluding carboxylic acids is 1. The van der Waals surface area contributed by atoms with Crippen LogP contribution in [0, 0.1) is 5.92 Å². The molecule has 0 bridgehead atoms. The van der Waals surface area contributed by atoms with Crippen molar-refractivity contribution in [3.63, 3.8) is 0 Å². The molecule has 1 aromatic carbocycles. The van der Waals surface area contributed by atoms with Crippen LogP contribution in [-0.4, -0.2) is 38.3 Å². The van der Waals surface area contributed by atoms with Gasteiger partial charge in [-0.25, -0.2) is 4.79 Å². The minimum atomic E-state index is -0.212. The Morgan fingerprint density at radius 3 is 2.70 bits per heavy atom. The van der Waals surface area contributed by atoms with Crippen molar-refractivity contribution in [1.82, 2.24) is 0 Å². The maximum Gasteiger partial charge on any atom is 0.338 e. The number of piperidine rings is 2. The summed E-state index contributed by atoms with van der Waals surface area (Å²) in [6.07, 6.45) is 6.43. The zero-order valence-corrected chi connectivity index (χ0v) is 14.1. The number of fused-ring (bicyclic) bond motifs is 1. The number of hydrogen-bond acceptors (Lipinski definition) is 3. The first-order valence-electron chi connectivity index (χ1n) is 9.02. The zero-order valence-electron chi connectivity index (χ0n) is 14.1. The lowest BCUT2D eigenvalue weighted by atomic mass is 9.84. The van der Waals surface area contributed by atoms with Gasteiger partial charge in [0.1, 0.15) is 12.4 Å². The summed E-state index contributed by atoms with van der Waals surface area (Å²) in [7, 11) is 0. The SMILES string of the molecule is CCOc1ccc(C(=O)OCC2CCC[NH+]3CCCCC23)cc1. The molecule has 4 nitrogen and oxygen atoms in total. The van der Waals surface area contributed by atoms with Gasteiger partial charge in [-0.15, -0.1) is 0 Å². The monoisotopic (exact) mass is 318 g/mol. The van der Waals surface area contributed by atoms with Gasteiger partial charge >= 0.3 is 5.97 Å². The Morgan fingerprint density at radius 2 is 1.91 bits per heavy atom. The minimum Gasteiger partial charge on any atom is -0.494 e. The van der Waals surface area contributed by atoms with E-state index in [0.29, 0.717) is 30.7 Å². The Balaban J connectivity index is 1.53. The third-order valence-corrected chi connectivity index (χ3v) is 5.26. The van der Waals surface area contributed by atoms with Gasteiger partial charge in [0.05, 0.1) is 31.3 Å². The van der Waals surface area contributed by atoms with E-state index in [1.165, 1.54) is 45.2 Å². The summed E-state index contributed by atoms with van der Waals surface area (Å²) in [5.74, 6) is 1.11. The van der Waals surface area contributed by atoms with Crippen LogP contribution in [0.4, 0.5) is 0 Å². The average Bonchev–Trinajstić information content (AvgIpc) is 2.60. The van der Waals surface area contributed by atoms with E-state index < -0.39 is 0 Å². The summed E-state index contributed by atoms with van der Waals surface area (Å²) < 4.78 is 11.0. The third-order valence-electron chi connectivity index (χ3n) is 5.26. The van der Waals surface area contributed by atoms with Crippen molar-refractivity contribution in [3.8, 4) is 5.75 Å². The number of hydrogen-bond donors (Lipinski definition) is 1. The van der Waals surface area contributed by atoms with Crippen molar-refractivity contribution in [2.24, 2.45) is 5.92 Å². The van der Waals surface area contributed by atoms with E-state index in [0.717, 1.165) is 5.75 Å². The molecular weight excluding hydrogens is 290 g/mol. The first-order valence-corrected chi connectivity index (χ1v) is 9.02. The molecule has 0 aliphatic carbocycles. The normalized spacial score (nSPS) is 27.1. The third kappa shape index (κ3) is 4.05. The second kappa shape index (κ2) is 7.82. The Labute approximate surface area is 138 Å². The number of carbonyl (C=O) groups is 1. The lowest BCUT2D eigenvalue weighted by molar-refractivity contribution is -0.940. The highest BCUT2D eigenvalue weighted by atomic mass is 16.5. The average molecular weight is 318 g/mol. The molecule has 2 fully saturated rings. The van der Waals surface area contributed by atoms with Crippen LogP contribution in [0.3, 0.4) is 0 Å². The zero-order chi connectivity index (χ0) is 16.1. The van der Waals surface area contributed by atoms with Crippen molar-refractivity contribution in [2.45, 2.75) is 45.1 Å². The van der Waals surface area contributed by atoms with Gasteiger partial charge in [-0.05, 0) is 63.3 Å². The van der Waals surface area contributed by atoms with Gasteiger partial charge in [0.2, 0.25) is 0 Å². The van der Waals surface area contributed by atoms with Gasteiger partial charge in [-0.1, -0.05) is 0 Å². The molecule has 23 heavy (non-hydrogen) atoms. The summed E-state index contributed by atoms with van der Waals surface area (Å²) in [4.78, 5) is 14.0. The molecule has 1 aromatic rings. The number of nitrogens with one attached hydrogen (secondary N) is 1. The Bertz CT molecular complexity index is 512. The van der Waals surface area contributed by atoms with Crippen LogP contribution in [-0.2, 0) is 4.74 Å². The number of rotatable bonds is 5. The van der Waals surface area contributed by atoms with E-state index in [1.54, 1.807) is 17.0 Å². The summed E-state index contributed by atoms with van der Waals surface area (Å²) in [6, 6.07) is 7.92. The predicted octanol–water partition coefficient (Wildman–Crippen LogP) is 2.09. The molecule has 0 radical (unpaired) electrons. The van der Waals surface area contributed by atoms with E-state index in [9.17, 15) is 4.79 Å². The fraction of sp³-hybridized carbons (Fsp3) is 0.632. The molecule has 1 N–H and O–H groups in total. The van der Waals surface area contributed by atoms with Gasteiger partial charge in [-0.3, -0.25) is 0 Å². The maximum absolute atomic E-state index is 12.2. The van der Waals surface area contributed by atoms with Crippen molar-refractivity contribution in [3.05, 3.63) is 29.8 Å².